The van der Waals surface area contributed by atoms with E-state index in [0.29, 0.717) is 17.5 Å². The minimum absolute atomic E-state index is 0.139. The van der Waals surface area contributed by atoms with Gasteiger partial charge in [0.2, 0.25) is 5.91 Å². The lowest BCUT2D eigenvalue weighted by atomic mass is 9.97. The molecule has 1 amide bonds. The molecule has 2 aliphatic carbocycles. The summed E-state index contributed by atoms with van der Waals surface area (Å²) in [4.78, 5) is 12.2. The van der Waals surface area contributed by atoms with Crippen molar-refractivity contribution in [3.63, 3.8) is 0 Å². The Morgan fingerprint density at radius 3 is 2.41 bits per heavy atom. The minimum atomic E-state index is 0.139. The highest BCUT2D eigenvalue weighted by molar-refractivity contribution is 5.93. The van der Waals surface area contributed by atoms with Crippen molar-refractivity contribution >= 4 is 11.6 Å². The van der Waals surface area contributed by atoms with Gasteiger partial charge in [0.25, 0.3) is 0 Å². The second-order valence-electron chi connectivity index (χ2n) is 5.24. The van der Waals surface area contributed by atoms with Crippen LogP contribution < -0.4 is 5.32 Å². The first-order chi connectivity index (χ1) is 8.24. The number of phenolic OH excluding ortho intramolecular Hbond substituents is 1. The van der Waals surface area contributed by atoms with E-state index in [9.17, 15) is 9.90 Å². The Kier molecular flexibility index (Phi) is 2.54. The topological polar surface area (TPSA) is 49.3 Å². The second kappa shape index (κ2) is 4.06. The predicted molar refractivity (Wildman–Crippen MR) is 65.7 cm³/mol. The number of carbonyl (C=O) groups is 1. The molecule has 0 heterocycles. The fourth-order valence-corrected chi connectivity index (χ4v) is 2.53. The van der Waals surface area contributed by atoms with Crippen LogP contribution in [0.3, 0.4) is 0 Å². The zero-order chi connectivity index (χ0) is 11.8. The Morgan fingerprint density at radius 1 is 1.24 bits per heavy atom. The molecule has 0 bridgehead atoms. The van der Waals surface area contributed by atoms with Crippen molar-refractivity contribution in [3.8, 4) is 5.75 Å². The number of benzene rings is 1. The molecule has 2 saturated carbocycles. The molecule has 0 radical (unpaired) electrons. The number of anilines is 1. The number of amides is 1. The molecule has 2 fully saturated rings. The second-order valence-corrected chi connectivity index (χ2v) is 5.24. The molecule has 0 atom stereocenters. The van der Waals surface area contributed by atoms with Crippen LogP contribution >= 0.6 is 0 Å². The van der Waals surface area contributed by atoms with Crippen LogP contribution in [0.1, 0.15) is 25.7 Å². The quantitative estimate of drug-likeness (QED) is 0.837. The van der Waals surface area contributed by atoms with Crippen molar-refractivity contribution in [3.05, 3.63) is 24.3 Å². The summed E-state index contributed by atoms with van der Waals surface area (Å²) in [6.07, 6.45) is 4.81. The Morgan fingerprint density at radius 2 is 1.88 bits per heavy atom. The molecule has 17 heavy (non-hydrogen) atoms. The zero-order valence-electron chi connectivity index (χ0n) is 9.73. The van der Waals surface area contributed by atoms with E-state index in [0.717, 1.165) is 0 Å². The monoisotopic (exact) mass is 231 g/mol. The first-order valence-corrected chi connectivity index (χ1v) is 6.34. The maximum atomic E-state index is 12.2. The average molecular weight is 231 g/mol. The molecule has 2 aliphatic rings. The SMILES string of the molecule is O=C(Nc1cccc(O)c1)C(C1CC1)C1CC1. The summed E-state index contributed by atoms with van der Waals surface area (Å²) in [6, 6.07) is 6.76. The number of phenols is 1. The number of hydrogen-bond donors (Lipinski definition) is 2. The van der Waals surface area contributed by atoms with Gasteiger partial charge in [-0.2, -0.15) is 0 Å². The maximum absolute atomic E-state index is 12.2. The zero-order valence-corrected chi connectivity index (χ0v) is 9.73. The molecular weight excluding hydrogens is 214 g/mol. The van der Waals surface area contributed by atoms with Gasteiger partial charge in [-0.1, -0.05) is 6.07 Å². The summed E-state index contributed by atoms with van der Waals surface area (Å²) < 4.78 is 0. The molecule has 0 saturated heterocycles. The van der Waals surface area contributed by atoms with Crippen molar-refractivity contribution in [2.75, 3.05) is 5.32 Å². The van der Waals surface area contributed by atoms with E-state index in [1.807, 2.05) is 6.07 Å². The van der Waals surface area contributed by atoms with Gasteiger partial charge in [-0.3, -0.25) is 4.79 Å². The molecule has 3 rings (SSSR count). The van der Waals surface area contributed by atoms with E-state index in [1.165, 1.54) is 25.7 Å². The highest BCUT2D eigenvalue weighted by atomic mass is 16.3. The first-order valence-electron chi connectivity index (χ1n) is 6.34. The van der Waals surface area contributed by atoms with Crippen LogP contribution in [0.2, 0.25) is 0 Å². The molecule has 3 nitrogen and oxygen atoms in total. The van der Waals surface area contributed by atoms with Gasteiger partial charge < -0.3 is 10.4 Å². The lowest BCUT2D eigenvalue weighted by molar-refractivity contribution is -0.121. The van der Waals surface area contributed by atoms with Crippen molar-refractivity contribution in [1.82, 2.24) is 0 Å². The average Bonchev–Trinajstić information content (AvgIpc) is 3.11. The molecular formula is C14H17NO2. The van der Waals surface area contributed by atoms with Crippen LogP contribution in [0, 0.1) is 17.8 Å². The van der Waals surface area contributed by atoms with Crippen LogP contribution in [0.25, 0.3) is 0 Å². The Balaban J connectivity index is 1.69. The molecule has 1 aromatic rings. The fourth-order valence-electron chi connectivity index (χ4n) is 2.53. The lowest BCUT2D eigenvalue weighted by Crippen LogP contribution is -2.26. The van der Waals surface area contributed by atoms with Crippen molar-refractivity contribution in [1.29, 1.82) is 0 Å². The Bertz CT molecular complexity index is 424. The summed E-state index contributed by atoms with van der Waals surface area (Å²) in [5, 5.41) is 12.3. The van der Waals surface area contributed by atoms with Crippen LogP contribution in [0.5, 0.6) is 5.75 Å². The molecule has 90 valence electrons. The molecule has 0 aromatic heterocycles. The number of hydrogen-bond acceptors (Lipinski definition) is 2. The highest BCUT2D eigenvalue weighted by Crippen LogP contribution is 2.49. The smallest absolute Gasteiger partial charge is 0.228 e. The lowest BCUT2D eigenvalue weighted by Gasteiger charge is -2.15. The molecule has 0 spiro atoms. The summed E-state index contributed by atoms with van der Waals surface area (Å²) in [6.45, 7) is 0. The largest absolute Gasteiger partial charge is 0.508 e. The van der Waals surface area contributed by atoms with Gasteiger partial charge in [0.05, 0.1) is 0 Å². The van der Waals surface area contributed by atoms with E-state index in [4.69, 9.17) is 0 Å². The Hall–Kier alpha value is -1.51. The summed E-state index contributed by atoms with van der Waals surface area (Å²) in [5.41, 5.74) is 0.696. The van der Waals surface area contributed by atoms with Crippen molar-refractivity contribution < 1.29 is 9.90 Å². The van der Waals surface area contributed by atoms with Crippen LogP contribution in [-0.4, -0.2) is 11.0 Å². The van der Waals surface area contributed by atoms with Gasteiger partial charge in [0.1, 0.15) is 5.75 Å². The number of carbonyl (C=O) groups excluding carboxylic acids is 1. The molecule has 0 aliphatic heterocycles. The van der Waals surface area contributed by atoms with Crippen LogP contribution in [0.4, 0.5) is 5.69 Å². The molecule has 1 aromatic carbocycles. The van der Waals surface area contributed by atoms with Gasteiger partial charge in [-0.05, 0) is 49.7 Å². The standard InChI is InChI=1S/C14H17NO2/c16-12-3-1-2-11(8-12)15-14(17)13(9-4-5-9)10-6-7-10/h1-3,8-10,13,16H,4-7H2,(H,15,17). The third-order valence-electron chi connectivity index (χ3n) is 3.68. The number of nitrogens with one attached hydrogen (secondary N) is 1. The minimum Gasteiger partial charge on any atom is -0.508 e. The number of aromatic hydroxyl groups is 1. The predicted octanol–water partition coefficient (Wildman–Crippen LogP) is 2.77. The van der Waals surface area contributed by atoms with E-state index >= 15 is 0 Å². The highest BCUT2D eigenvalue weighted by Gasteiger charge is 2.45. The third-order valence-corrected chi connectivity index (χ3v) is 3.68. The van der Waals surface area contributed by atoms with Crippen LogP contribution in [-0.2, 0) is 4.79 Å². The molecule has 3 heteroatoms. The maximum Gasteiger partial charge on any atom is 0.228 e. The van der Waals surface area contributed by atoms with Gasteiger partial charge >= 0.3 is 0 Å². The summed E-state index contributed by atoms with van der Waals surface area (Å²) in [7, 11) is 0. The summed E-state index contributed by atoms with van der Waals surface area (Å²) in [5.74, 6) is 1.76. The van der Waals surface area contributed by atoms with E-state index < -0.39 is 0 Å². The van der Waals surface area contributed by atoms with E-state index in [2.05, 4.69) is 5.32 Å². The van der Waals surface area contributed by atoms with Crippen LogP contribution in [0.15, 0.2) is 24.3 Å². The number of rotatable bonds is 4. The molecule has 2 N–H and O–H groups in total. The van der Waals surface area contributed by atoms with Crippen molar-refractivity contribution in [2.45, 2.75) is 25.7 Å². The fraction of sp³-hybridized carbons (Fsp3) is 0.500. The first kappa shape index (κ1) is 10.6. The Labute approximate surface area is 101 Å². The summed E-state index contributed by atoms with van der Waals surface area (Å²) >= 11 is 0. The van der Waals surface area contributed by atoms with Gasteiger partial charge in [-0.15, -0.1) is 0 Å². The normalized spacial score (nSPS) is 19.4. The van der Waals surface area contributed by atoms with Gasteiger partial charge in [-0.25, -0.2) is 0 Å². The van der Waals surface area contributed by atoms with E-state index in [1.54, 1.807) is 18.2 Å². The van der Waals surface area contributed by atoms with Gasteiger partial charge in [0.15, 0.2) is 0 Å². The van der Waals surface area contributed by atoms with E-state index in [-0.39, 0.29) is 17.6 Å². The van der Waals surface area contributed by atoms with Crippen molar-refractivity contribution in [2.24, 2.45) is 17.8 Å². The molecule has 0 unspecified atom stereocenters. The van der Waals surface area contributed by atoms with Gasteiger partial charge in [0, 0.05) is 17.7 Å². The third kappa shape index (κ3) is 2.43.